The molecule has 1 aromatic rings. The third kappa shape index (κ3) is 6.03. The smallest absolute Gasteiger partial charge is 0.317 e. The van der Waals surface area contributed by atoms with Gasteiger partial charge in [-0.3, -0.25) is 0 Å². The number of imidazole rings is 1. The quantitative estimate of drug-likeness (QED) is 0.805. The summed E-state index contributed by atoms with van der Waals surface area (Å²) in [6.45, 7) is 7.12. The molecular weight excluding hydrogens is 314 g/mol. The average molecular weight is 348 g/mol. The van der Waals surface area contributed by atoms with Crippen molar-refractivity contribution in [2.24, 2.45) is 5.92 Å². The fraction of sp³-hybridized carbons (Fsp3) is 0.789. The van der Waals surface area contributed by atoms with E-state index in [9.17, 15) is 4.79 Å². The van der Waals surface area contributed by atoms with E-state index in [0.29, 0.717) is 5.92 Å². The normalized spacial score (nSPS) is 22.6. The number of carbonyl (C=O) groups excluding carboxylic acids is 1. The van der Waals surface area contributed by atoms with Crippen LogP contribution in [0.25, 0.3) is 0 Å². The molecule has 0 unspecified atom stereocenters. The van der Waals surface area contributed by atoms with E-state index in [-0.39, 0.29) is 6.03 Å². The molecule has 1 atom stereocenters. The topological polar surface area (TPSA) is 53.4 Å². The lowest BCUT2D eigenvalue weighted by atomic mass is 9.97. The van der Waals surface area contributed by atoms with Crippen LogP contribution < -0.4 is 5.32 Å². The van der Waals surface area contributed by atoms with E-state index in [1.54, 1.807) is 6.20 Å². The summed E-state index contributed by atoms with van der Waals surface area (Å²) in [5, 5.41) is 3.09. The van der Waals surface area contributed by atoms with Crippen LogP contribution in [0.4, 0.5) is 4.79 Å². The van der Waals surface area contributed by atoms with Gasteiger partial charge in [0.2, 0.25) is 0 Å². The number of nitrogens with one attached hydrogen (secondary N) is 1. The molecule has 0 aliphatic carbocycles. The number of nitrogens with zero attached hydrogens (tertiary/aromatic N) is 4. The van der Waals surface area contributed by atoms with E-state index in [4.69, 9.17) is 0 Å². The van der Waals surface area contributed by atoms with Crippen molar-refractivity contribution >= 4 is 6.03 Å². The highest BCUT2D eigenvalue weighted by Crippen LogP contribution is 2.19. The van der Waals surface area contributed by atoms with E-state index < -0.39 is 0 Å². The molecule has 2 amide bonds. The summed E-state index contributed by atoms with van der Waals surface area (Å²) in [5.41, 5.74) is 0. The maximum atomic E-state index is 12.4. The van der Waals surface area contributed by atoms with E-state index in [1.807, 2.05) is 22.0 Å². The van der Waals surface area contributed by atoms with Gasteiger partial charge in [-0.1, -0.05) is 12.8 Å². The van der Waals surface area contributed by atoms with Crippen LogP contribution in [0.5, 0.6) is 0 Å². The van der Waals surface area contributed by atoms with Gasteiger partial charge in [0.25, 0.3) is 0 Å². The standard InChI is InChI=1S/C19H33N5O/c25-19(21-8-6-12-23-14-9-20-17-23)24-13-5-7-18(16-24)15-22-10-3-1-2-4-11-22/h9,14,17-18H,1-8,10-13,15-16H2,(H,21,25)/t18-/m0/s1. The Hall–Kier alpha value is -1.56. The number of aryl methyl sites for hydroxylation is 1. The Morgan fingerprint density at radius 1 is 1.12 bits per heavy atom. The van der Waals surface area contributed by atoms with Gasteiger partial charge in [-0.15, -0.1) is 0 Å². The summed E-state index contributed by atoms with van der Waals surface area (Å²) < 4.78 is 2.05. The first kappa shape index (κ1) is 18.2. The summed E-state index contributed by atoms with van der Waals surface area (Å²) in [5.74, 6) is 0.642. The lowest BCUT2D eigenvalue weighted by Crippen LogP contribution is -2.48. The number of amides is 2. The molecule has 6 nitrogen and oxygen atoms in total. The molecule has 140 valence electrons. The molecule has 0 radical (unpaired) electrons. The molecule has 0 saturated carbocycles. The Kier molecular flexibility index (Phi) is 7.15. The van der Waals surface area contributed by atoms with E-state index in [0.717, 1.165) is 39.0 Å². The summed E-state index contributed by atoms with van der Waals surface area (Å²) >= 11 is 0. The maximum absolute atomic E-state index is 12.4. The number of aromatic nitrogens is 2. The molecule has 1 N–H and O–H groups in total. The van der Waals surface area contributed by atoms with Crippen molar-refractivity contribution in [1.82, 2.24) is 24.7 Å². The fourth-order valence-corrected chi connectivity index (χ4v) is 4.07. The molecular formula is C19H33N5O. The van der Waals surface area contributed by atoms with Gasteiger partial charge in [-0.2, -0.15) is 0 Å². The zero-order valence-corrected chi connectivity index (χ0v) is 15.4. The monoisotopic (exact) mass is 347 g/mol. The molecule has 25 heavy (non-hydrogen) atoms. The number of hydrogen-bond acceptors (Lipinski definition) is 3. The SMILES string of the molecule is O=C(NCCCn1ccnc1)N1CCC[C@@H](CN2CCCCCC2)C1. The molecule has 2 aliphatic heterocycles. The summed E-state index contributed by atoms with van der Waals surface area (Å²) in [6.07, 6.45) is 14.4. The highest BCUT2D eigenvalue weighted by molar-refractivity contribution is 5.74. The largest absolute Gasteiger partial charge is 0.338 e. The molecule has 3 heterocycles. The molecule has 3 rings (SSSR count). The third-order valence-corrected chi connectivity index (χ3v) is 5.45. The molecule has 2 fully saturated rings. The Balaban J connectivity index is 1.35. The first-order valence-electron chi connectivity index (χ1n) is 10.0. The van der Waals surface area contributed by atoms with Crippen LogP contribution in [-0.2, 0) is 6.54 Å². The van der Waals surface area contributed by atoms with Gasteiger partial charge in [0.1, 0.15) is 0 Å². The number of carbonyl (C=O) groups is 1. The van der Waals surface area contributed by atoms with Crippen LogP contribution in [-0.4, -0.2) is 64.7 Å². The molecule has 0 aromatic carbocycles. The number of hydrogen-bond donors (Lipinski definition) is 1. The average Bonchev–Trinajstić information content (AvgIpc) is 3.02. The molecule has 0 bridgehead atoms. The second kappa shape index (κ2) is 9.80. The summed E-state index contributed by atoms with van der Waals surface area (Å²) in [6, 6.07) is 0.117. The van der Waals surface area contributed by atoms with Gasteiger partial charge >= 0.3 is 6.03 Å². The minimum absolute atomic E-state index is 0.117. The maximum Gasteiger partial charge on any atom is 0.317 e. The second-order valence-electron chi connectivity index (χ2n) is 7.56. The molecule has 1 aromatic heterocycles. The summed E-state index contributed by atoms with van der Waals surface area (Å²) in [4.78, 5) is 21.1. The van der Waals surface area contributed by atoms with Crippen LogP contribution in [0, 0.1) is 5.92 Å². The van der Waals surface area contributed by atoms with Crippen LogP contribution in [0.2, 0.25) is 0 Å². The van der Waals surface area contributed by atoms with Gasteiger partial charge in [0.05, 0.1) is 6.33 Å². The van der Waals surface area contributed by atoms with Gasteiger partial charge in [0.15, 0.2) is 0 Å². The summed E-state index contributed by atoms with van der Waals surface area (Å²) in [7, 11) is 0. The minimum Gasteiger partial charge on any atom is -0.338 e. The highest BCUT2D eigenvalue weighted by Gasteiger charge is 2.25. The van der Waals surface area contributed by atoms with Crippen molar-refractivity contribution in [2.45, 2.75) is 51.5 Å². The van der Waals surface area contributed by atoms with Gasteiger partial charge in [-0.05, 0) is 51.1 Å². The Bertz CT molecular complexity index is 496. The lowest BCUT2D eigenvalue weighted by molar-refractivity contribution is 0.140. The molecule has 0 spiro atoms. The van der Waals surface area contributed by atoms with Gasteiger partial charge in [0, 0.05) is 45.1 Å². The van der Waals surface area contributed by atoms with Crippen molar-refractivity contribution in [1.29, 1.82) is 0 Å². The Labute approximate surface area is 151 Å². The van der Waals surface area contributed by atoms with Crippen molar-refractivity contribution in [2.75, 3.05) is 39.3 Å². The number of rotatable bonds is 6. The highest BCUT2D eigenvalue weighted by atomic mass is 16.2. The number of likely N-dealkylation sites (tertiary alicyclic amines) is 2. The first-order valence-corrected chi connectivity index (χ1v) is 10.0. The Morgan fingerprint density at radius 2 is 1.96 bits per heavy atom. The molecule has 2 saturated heterocycles. The van der Waals surface area contributed by atoms with Gasteiger partial charge < -0.3 is 19.7 Å². The van der Waals surface area contributed by atoms with Crippen molar-refractivity contribution in [3.63, 3.8) is 0 Å². The fourth-order valence-electron chi connectivity index (χ4n) is 4.07. The first-order chi connectivity index (χ1) is 12.3. The zero-order valence-electron chi connectivity index (χ0n) is 15.4. The number of piperidine rings is 1. The van der Waals surface area contributed by atoms with E-state index in [2.05, 4.69) is 15.2 Å². The second-order valence-corrected chi connectivity index (χ2v) is 7.56. The lowest BCUT2D eigenvalue weighted by Gasteiger charge is -2.35. The van der Waals surface area contributed by atoms with E-state index in [1.165, 1.54) is 51.7 Å². The predicted octanol–water partition coefficient (Wildman–Crippen LogP) is 2.57. The third-order valence-electron chi connectivity index (χ3n) is 5.45. The van der Waals surface area contributed by atoms with Crippen LogP contribution in [0.15, 0.2) is 18.7 Å². The number of urea groups is 1. The van der Waals surface area contributed by atoms with Crippen LogP contribution in [0.3, 0.4) is 0 Å². The molecule has 6 heteroatoms. The van der Waals surface area contributed by atoms with Gasteiger partial charge in [-0.25, -0.2) is 9.78 Å². The Morgan fingerprint density at radius 3 is 2.72 bits per heavy atom. The molecule has 2 aliphatic rings. The van der Waals surface area contributed by atoms with Crippen molar-refractivity contribution in [3.05, 3.63) is 18.7 Å². The predicted molar refractivity (Wildman–Crippen MR) is 99.4 cm³/mol. The van der Waals surface area contributed by atoms with Crippen molar-refractivity contribution < 1.29 is 4.79 Å². The zero-order chi connectivity index (χ0) is 17.3. The van der Waals surface area contributed by atoms with Crippen molar-refractivity contribution in [3.8, 4) is 0 Å². The minimum atomic E-state index is 0.117. The van der Waals surface area contributed by atoms with E-state index >= 15 is 0 Å². The van der Waals surface area contributed by atoms with Crippen LogP contribution >= 0.6 is 0 Å². The van der Waals surface area contributed by atoms with Crippen LogP contribution in [0.1, 0.15) is 44.9 Å².